The summed E-state index contributed by atoms with van der Waals surface area (Å²) in [4.78, 5) is 12.0. The third-order valence-electron chi connectivity index (χ3n) is 2.65. The van der Waals surface area contributed by atoms with Crippen LogP contribution >= 0.6 is 0 Å². The molecular formula is C11H12FNO3S. The highest BCUT2D eigenvalue weighted by Gasteiger charge is 2.49. The van der Waals surface area contributed by atoms with Crippen LogP contribution in [0.2, 0.25) is 0 Å². The van der Waals surface area contributed by atoms with Crippen molar-refractivity contribution in [3.05, 3.63) is 30.1 Å². The first kappa shape index (κ1) is 12.0. The average Bonchev–Trinajstić information content (AvgIpc) is 2.34. The van der Waals surface area contributed by atoms with Crippen molar-refractivity contribution in [3.63, 3.8) is 0 Å². The molecule has 4 nitrogen and oxygen atoms in total. The Morgan fingerprint density at radius 3 is 2.18 bits per heavy atom. The maximum atomic E-state index is 12.8. The maximum Gasteiger partial charge on any atom is 0.247 e. The van der Waals surface area contributed by atoms with E-state index in [1.165, 1.54) is 12.1 Å². The van der Waals surface area contributed by atoms with Gasteiger partial charge in [-0.15, -0.1) is 0 Å². The number of anilines is 1. The lowest BCUT2D eigenvalue weighted by atomic mass is 9.95. The normalized spacial score (nSPS) is 21.8. The summed E-state index contributed by atoms with van der Waals surface area (Å²) < 4.78 is 37.3. The quantitative estimate of drug-likeness (QED) is 0.766. The third kappa shape index (κ3) is 1.93. The molecule has 0 saturated carbocycles. The molecule has 0 spiro atoms. The molecule has 1 amide bonds. The minimum Gasteiger partial charge on any atom is -0.273 e. The third-order valence-corrected chi connectivity index (χ3v) is 4.67. The molecule has 0 bridgehead atoms. The summed E-state index contributed by atoms with van der Waals surface area (Å²) in [7, 11) is -3.65. The zero-order chi connectivity index (χ0) is 12.8. The Bertz CT molecular complexity index is 563. The van der Waals surface area contributed by atoms with E-state index in [9.17, 15) is 17.6 Å². The van der Waals surface area contributed by atoms with E-state index in [1.54, 1.807) is 13.8 Å². The highest BCUT2D eigenvalue weighted by atomic mass is 32.2. The molecule has 0 aromatic heterocycles. The smallest absolute Gasteiger partial charge is 0.247 e. The van der Waals surface area contributed by atoms with Gasteiger partial charge in [0.05, 0.1) is 16.9 Å². The van der Waals surface area contributed by atoms with E-state index in [0.29, 0.717) is 0 Å². The second-order valence-corrected chi connectivity index (χ2v) is 6.50. The van der Waals surface area contributed by atoms with E-state index in [4.69, 9.17) is 0 Å². The van der Waals surface area contributed by atoms with Gasteiger partial charge in [0, 0.05) is 0 Å². The number of sulfonamides is 1. The minimum atomic E-state index is -3.65. The van der Waals surface area contributed by atoms with Gasteiger partial charge >= 0.3 is 0 Å². The SMILES string of the molecule is CC1(C)CS(=O)(=O)N(c2ccc(F)cc2)C1=O. The number of hydrogen-bond acceptors (Lipinski definition) is 3. The first-order chi connectivity index (χ1) is 7.74. The number of carbonyl (C=O) groups is 1. The van der Waals surface area contributed by atoms with Gasteiger partial charge in [-0.05, 0) is 38.1 Å². The molecule has 1 heterocycles. The van der Waals surface area contributed by atoms with Gasteiger partial charge in [0.25, 0.3) is 0 Å². The Morgan fingerprint density at radius 2 is 1.76 bits per heavy atom. The van der Waals surface area contributed by atoms with Crippen LogP contribution in [0.1, 0.15) is 13.8 Å². The fourth-order valence-corrected chi connectivity index (χ4v) is 3.95. The Labute approximate surface area is 99.1 Å². The summed E-state index contributed by atoms with van der Waals surface area (Å²) in [5.41, 5.74) is -0.755. The van der Waals surface area contributed by atoms with Crippen molar-refractivity contribution >= 4 is 21.6 Å². The summed E-state index contributed by atoms with van der Waals surface area (Å²) in [5.74, 6) is -1.18. The van der Waals surface area contributed by atoms with Gasteiger partial charge in [-0.2, -0.15) is 0 Å². The molecule has 17 heavy (non-hydrogen) atoms. The van der Waals surface area contributed by atoms with Crippen LogP contribution in [0.25, 0.3) is 0 Å². The van der Waals surface area contributed by atoms with Gasteiger partial charge in [0.2, 0.25) is 15.9 Å². The molecule has 0 radical (unpaired) electrons. The van der Waals surface area contributed by atoms with Crippen LogP contribution in [0.5, 0.6) is 0 Å². The molecule has 1 aliphatic heterocycles. The Hall–Kier alpha value is -1.43. The monoisotopic (exact) mass is 257 g/mol. The van der Waals surface area contributed by atoms with Gasteiger partial charge in [0.15, 0.2) is 0 Å². The zero-order valence-corrected chi connectivity index (χ0v) is 10.3. The molecule has 92 valence electrons. The Kier molecular flexibility index (Phi) is 2.50. The highest BCUT2D eigenvalue weighted by Crippen LogP contribution is 2.35. The number of hydrogen-bond donors (Lipinski definition) is 0. The molecule has 1 aromatic carbocycles. The number of amides is 1. The standard InChI is InChI=1S/C11H12FNO3S/c1-11(2)7-17(15,16)13(10(11)14)9-5-3-8(12)4-6-9/h3-6H,7H2,1-2H3. The fraction of sp³-hybridized carbons (Fsp3) is 0.364. The molecule has 1 aliphatic rings. The number of benzene rings is 1. The van der Waals surface area contributed by atoms with E-state index < -0.39 is 27.2 Å². The molecule has 0 unspecified atom stereocenters. The van der Waals surface area contributed by atoms with E-state index in [-0.39, 0.29) is 11.4 Å². The largest absolute Gasteiger partial charge is 0.273 e. The van der Waals surface area contributed by atoms with Crippen molar-refractivity contribution in [1.82, 2.24) is 0 Å². The molecule has 6 heteroatoms. The van der Waals surface area contributed by atoms with Crippen molar-refractivity contribution in [2.75, 3.05) is 10.1 Å². The van der Waals surface area contributed by atoms with Crippen LogP contribution in [-0.2, 0) is 14.8 Å². The summed E-state index contributed by atoms with van der Waals surface area (Å²) >= 11 is 0. The van der Waals surface area contributed by atoms with Crippen LogP contribution in [0.3, 0.4) is 0 Å². The average molecular weight is 257 g/mol. The van der Waals surface area contributed by atoms with Crippen LogP contribution in [0.4, 0.5) is 10.1 Å². The van der Waals surface area contributed by atoms with E-state index in [0.717, 1.165) is 16.4 Å². The Morgan fingerprint density at radius 1 is 1.24 bits per heavy atom. The van der Waals surface area contributed by atoms with Gasteiger partial charge in [-0.25, -0.2) is 17.1 Å². The highest BCUT2D eigenvalue weighted by molar-refractivity contribution is 7.94. The predicted octanol–water partition coefficient (Wildman–Crippen LogP) is 1.53. The number of halogens is 1. The van der Waals surface area contributed by atoms with Gasteiger partial charge in [-0.3, -0.25) is 4.79 Å². The van der Waals surface area contributed by atoms with E-state index in [1.807, 2.05) is 0 Å². The Balaban J connectivity index is 2.52. The topological polar surface area (TPSA) is 54.5 Å². The summed E-state index contributed by atoms with van der Waals surface area (Å²) in [6, 6.07) is 4.82. The fourth-order valence-electron chi connectivity index (χ4n) is 1.84. The van der Waals surface area contributed by atoms with Crippen molar-refractivity contribution in [1.29, 1.82) is 0 Å². The molecule has 1 aromatic rings. The van der Waals surface area contributed by atoms with Crippen LogP contribution < -0.4 is 4.31 Å². The number of carbonyl (C=O) groups excluding carboxylic acids is 1. The predicted molar refractivity (Wildman–Crippen MR) is 61.5 cm³/mol. The zero-order valence-electron chi connectivity index (χ0n) is 9.47. The summed E-state index contributed by atoms with van der Waals surface area (Å²) in [6.45, 7) is 3.16. The van der Waals surface area contributed by atoms with Crippen LogP contribution in [-0.4, -0.2) is 20.1 Å². The summed E-state index contributed by atoms with van der Waals surface area (Å²) in [5, 5.41) is 0. The molecular weight excluding hydrogens is 245 g/mol. The van der Waals surface area contributed by atoms with E-state index >= 15 is 0 Å². The van der Waals surface area contributed by atoms with Crippen LogP contribution in [0, 0.1) is 11.2 Å². The molecule has 1 fully saturated rings. The van der Waals surface area contributed by atoms with Crippen molar-refractivity contribution in [3.8, 4) is 0 Å². The first-order valence-electron chi connectivity index (χ1n) is 5.07. The lowest BCUT2D eigenvalue weighted by Gasteiger charge is -2.17. The first-order valence-corrected chi connectivity index (χ1v) is 6.68. The van der Waals surface area contributed by atoms with Crippen LogP contribution in [0.15, 0.2) is 24.3 Å². The van der Waals surface area contributed by atoms with Crippen molar-refractivity contribution in [2.24, 2.45) is 5.41 Å². The maximum absolute atomic E-state index is 12.8. The molecule has 1 saturated heterocycles. The molecule has 0 aliphatic carbocycles. The number of nitrogens with zero attached hydrogens (tertiary/aromatic N) is 1. The van der Waals surface area contributed by atoms with Crippen molar-refractivity contribution < 1.29 is 17.6 Å². The van der Waals surface area contributed by atoms with Gasteiger partial charge < -0.3 is 0 Å². The lowest BCUT2D eigenvalue weighted by molar-refractivity contribution is -0.123. The lowest BCUT2D eigenvalue weighted by Crippen LogP contribution is -2.32. The number of rotatable bonds is 1. The van der Waals surface area contributed by atoms with Gasteiger partial charge in [0.1, 0.15) is 5.82 Å². The second-order valence-electron chi connectivity index (χ2n) is 4.69. The molecule has 2 rings (SSSR count). The van der Waals surface area contributed by atoms with Crippen molar-refractivity contribution in [2.45, 2.75) is 13.8 Å². The molecule has 0 atom stereocenters. The second kappa shape index (κ2) is 3.53. The minimum absolute atomic E-state index is 0.182. The van der Waals surface area contributed by atoms with Gasteiger partial charge in [-0.1, -0.05) is 0 Å². The van der Waals surface area contributed by atoms with E-state index in [2.05, 4.69) is 0 Å². The molecule has 0 N–H and O–H groups in total. The summed E-state index contributed by atoms with van der Waals surface area (Å²) in [6.07, 6.45) is 0.